The Balaban J connectivity index is 2.01. The Morgan fingerprint density at radius 3 is 2.33 bits per heavy atom. The topological polar surface area (TPSA) is 57.6 Å². The Hall–Kier alpha value is -2.63. The molecule has 3 aromatic rings. The fraction of sp³-hybridized carbons (Fsp3) is 0.0833. The number of aromatic nitrogens is 5. The molecule has 0 amide bonds. The van der Waals surface area contributed by atoms with Crippen LogP contribution in [0.1, 0.15) is 0 Å². The zero-order chi connectivity index (χ0) is 12.5. The van der Waals surface area contributed by atoms with E-state index in [1.807, 2.05) is 36.5 Å². The van der Waals surface area contributed by atoms with Gasteiger partial charge in [0.15, 0.2) is 0 Å². The van der Waals surface area contributed by atoms with E-state index in [4.69, 9.17) is 0 Å². The molecule has 18 heavy (non-hydrogen) atoms. The van der Waals surface area contributed by atoms with Crippen LogP contribution >= 0.6 is 0 Å². The molecule has 0 saturated carbocycles. The molecule has 0 bridgehead atoms. The van der Waals surface area contributed by atoms with Gasteiger partial charge in [0.05, 0.1) is 11.4 Å². The van der Waals surface area contributed by atoms with Crippen molar-refractivity contribution in [3.8, 4) is 11.4 Å². The van der Waals surface area contributed by atoms with Gasteiger partial charge in [-0.05, 0) is 30.3 Å². The molecule has 0 unspecified atom stereocenters. The van der Waals surface area contributed by atoms with Crippen LogP contribution in [-0.4, -0.2) is 24.1 Å². The van der Waals surface area contributed by atoms with Crippen LogP contribution in [0.3, 0.4) is 0 Å². The molecule has 2 heterocycles. The summed E-state index contributed by atoms with van der Waals surface area (Å²) in [5, 5.41) is 8.06. The maximum Gasteiger partial charge on any atom is 0.350 e. The van der Waals surface area contributed by atoms with Crippen molar-refractivity contribution in [1.82, 2.24) is 24.1 Å². The summed E-state index contributed by atoms with van der Waals surface area (Å²) in [5.41, 5.74) is 1.56. The van der Waals surface area contributed by atoms with Gasteiger partial charge < -0.3 is 0 Å². The third kappa shape index (κ3) is 1.64. The largest absolute Gasteiger partial charge is 0.350 e. The molecule has 2 aromatic heterocycles. The second-order valence-corrected chi connectivity index (χ2v) is 3.87. The van der Waals surface area contributed by atoms with Gasteiger partial charge in [0.25, 0.3) is 0 Å². The lowest BCUT2D eigenvalue weighted by Gasteiger charge is -2.03. The van der Waals surface area contributed by atoms with Crippen molar-refractivity contribution in [3.05, 3.63) is 59.5 Å². The van der Waals surface area contributed by atoms with Gasteiger partial charge in [0.2, 0.25) is 0 Å². The molecule has 0 spiro atoms. The fourth-order valence-corrected chi connectivity index (χ4v) is 1.75. The Morgan fingerprint density at radius 1 is 1.06 bits per heavy atom. The minimum Gasteiger partial charge on any atom is -0.250 e. The van der Waals surface area contributed by atoms with E-state index in [1.165, 1.54) is 15.6 Å². The fourth-order valence-electron chi connectivity index (χ4n) is 1.75. The minimum absolute atomic E-state index is 0.165. The summed E-state index contributed by atoms with van der Waals surface area (Å²) >= 11 is 0. The molecule has 0 radical (unpaired) electrons. The average molecular weight is 241 g/mol. The predicted octanol–water partition coefficient (Wildman–Crippen LogP) is 0.757. The molecule has 0 aliphatic carbocycles. The predicted molar refractivity (Wildman–Crippen MR) is 65.9 cm³/mol. The molecule has 0 fully saturated rings. The summed E-state index contributed by atoms with van der Waals surface area (Å²) in [6.07, 6.45) is 5.09. The van der Waals surface area contributed by atoms with E-state index >= 15 is 0 Å². The van der Waals surface area contributed by atoms with Crippen LogP contribution in [-0.2, 0) is 7.05 Å². The van der Waals surface area contributed by atoms with Crippen molar-refractivity contribution in [2.45, 2.75) is 0 Å². The van der Waals surface area contributed by atoms with Gasteiger partial charge in [-0.3, -0.25) is 0 Å². The lowest BCUT2D eigenvalue weighted by Crippen LogP contribution is -2.21. The molecule has 1 aromatic carbocycles. The molecule has 90 valence electrons. The van der Waals surface area contributed by atoms with E-state index in [9.17, 15) is 4.79 Å². The minimum atomic E-state index is -0.165. The van der Waals surface area contributed by atoms with Crippen molar-refractivity contribution in [3.63, 3.8) is 0 Å². The van der Waals surface area contributed by atoms with Crippen LogP contribution in [0, 0.1) is 0 Å². The molecule has 3 rings (SSSR count). The van der Waals surface area contributed by atoms with Crippen molar-refractivity contribution >= 4 is 0 Å². The Labute approximate surface area is 103 Å². The molecule has 0 aliphatic rings. The summed E-state index contributed by atoms with van der Waals surface area (Å²) < 4.78 is 4.55. The van der Waals surface area contributed by atoms with Gasteiger partial charge in [0, 0.05) is 19.4 Å². The first-order chi connectivity index (χ1) is 8.75. The van der Waals surface area contributed by atoms with Gasteiger partial charge in [-0.1, -0.05) is 0 Å². The summed E-state index contributed by atoms with van der Waals surface area (Å²) in [6, 6.07) is 9.39. The van der Waals surface area contributed by atoms with Crippen molar-refractivity contribution in [2.75, 3.05) is 0 Å². The smallest absolute Gasteiger partial charge is 0.250 e. The number of hydrogen-bond donors (Lipinski definition) is 0. The molecular weight excluding hydrogens is 230 g/mol. The van der Waals surface area contributed by atoms with Crippen LogP contribution in [0.15, 0.2) is 53.8 Å². The Bertz CT molecular complexity index is 706. The van der Waals surface area contributed by atoms with Crippen LogP contribution in [0.5, 0.6) is 0 Å². The van der Waals surface area contributed by atoms with Gasteiger partial charge in [-0.25, -0.2) is 18.7 Å². The third-order valence-electron chi connectivity index (χ3n) is 2.72. The highest BCUT2D eigenvalue weighted by Gasteiger charge is 2.04. The Kier molecular flexibility index (Phi) is 2.33. The SMILES string of the molecule is Cn1ncn(-c2ccc(-n3cccn3)cc2)c1=O. The van der Waals surface area contributed by atoms with E-state index in [-0.39, 0.29) is 5.69 Å². The summed E-state index contributed by atoms with van der Waals surface area (Å²) in [6.45, 7) is 0. The zero-order valence-corrected chi connectivity index (χ0v) is 9.76. The van der Waals surface area contributed by atoms with Crippen LogP contribution < -0.4 is 5.69 Å². The average Bonchev–Trinajstić information content (AvgIpc) is 3.02. The number of benzene rings is 1. The molecule has 0 atom stereocenters. The van der Waals surface area contributed by atoms with E-state index in [0.29, 0.717) is 0 Å². The standard InChI is InChI=1S/C12H11N5O/c1-15-12(18)16(9-14-15)10-3-5-11(6-4-10)17-8-2-7-13-17/h2-9H,1H3. The molecular formula is C12H11N5O. The number of aryl methyl sites for hydroxylation is 1. The highest BCUT2D eigenvalue weighted by Crippen LogP contribution is 2.10. The zero-order valence-electron chi connectivity index (χ0n) is 9.76. The summed E-state index contributed by atoms with van der Waals surface area (Å²) in [7, 11) is 1.62. The summed E-state index contributed by atoms with van der Waals surface area (Å²) in [5.74, 6) is 0. The van der Waals surface area contributed by atoms with E-state index in [0.717, 1.165) is 11.4 Å². The first-order valence-electron chi connectivity index (χ1n) is 5.47. The number of nitrogens with zero attached hydrogens (tertiary/aromatic N) is 5. The van der Waals surface area contributed by atoms with Gasteiger partial charge >= 0.3 is 5.69 Å². The van der Waals surface area contributed by atoms with Gasteiger partial charge in [0.1, 0.15) is 6.33 Å². The van der Waals surface area contributed by atoms with Crippen molar-refractivity contribution in [1.29, 1.82) is 0 Å². The lowest BCUT2D eigenvalue weighted by molar-refractivity contribution is 0.726. The molecule has 6 nitrogen and oxygen atoms in total. The van der Waals surface area contributed by atoms with Crippen LogP contribution in [0.25, 0.3) is 11.4 Å². The van der Waals surface area contributed by atoms with Crippen LogP contribution in [0.2, 0.25) is 0 Å². The van der Waals surface area contributed by atoms with Gasteiger partial charge in [-0.15, -0.1) is 0 Å². The lowest BCUT2D eigenvalue weighted by atomic mass is 10.3. The molecule has 0 aliphatic heterocycles. The first kappa shape index (κ1) is 10.5. The molecule has 0 N–H and O–H groups in total. The highest BCUT2D eigenvalue weighted by molar-refractivity contribution is 5.40. The maximum absolute atomic E-state index is 11.7. The first-order valence-corrected chi connectivity index (χ1v) is 5.47. The van der Waals surface area contributed by atoms with Gasteiger partial charge in [-0.2, -0.15) is 10.2 Å². The second-order valence-electron chi connectivity index (χ2n) is 3.87. The monoisotopic (exact) mass is 241 g/mol. The number of hydrogen-bond acceptors (Lipinski definition) is 3. The van der Waals surface area contributed by atoms with E-state index < -0.39 is 0 Å². The van der Waals surface area contributed by atoms with Crippen LogP contribution in [0.4, 0.5) is 0 Å². The Morgan fingerprint density at radius 2 is 1.78 bits per heavy atom. The normalized spacial score (nSPS) is 10.7. The van der Waals surface area contributed by atoms with E-state index in [1.54, 1.807) is 17.9 Å². The quantitative estimate of drug-likeness (QED) is 0.665. The maximum atomic E-state index is 11.7. The number of rotatable bonds is 2. The summed E-state index contributed by atoms with van der Waals surface area (Å²) in [4.78, 5) is 11.7. The second kappa shape index (κ2) is 3.99. The molecule has 0 saturated heterocycles. The van der Waals surface area contributed by atoms with E-state index in [2.05, 4.69) is 10.2 Å². The highest BCUT2D eigenvalue weighted by atomic mass is 16.2. The van der Waals surface area contributed by atoms with Crippen molar-refractivity contribution in [2.24, 2.45) is 7.05 Å². The third-order valence-corrected chi connectivity index (χ3v) is 2.72. The molecule has 6 heteroatoms. The van der Waals surface area contributed by atoms with Crippen molar-refractivity contribution < 1.29 is 0 Å².